The Labute approximate surface area is 243 Å². The highest BCUT2D eigenvalue weighted by Gasteiger charge is 2.26. The van der Waals surface area contributed by atoms with Gasteiger partial charge in [-0.2, -0.15) is 0 Å². The molecule has 3 aromatic rings. The average molecular weight is 582 g/mol. The maximum atomic E-state index is 13.1. The molecule has 5 rings (SSSR count). The van der Waals surface area contributed by atoms with E-state index < -0.39 is 9.84 Å². The number of nitrogens with zero attached hydrogens (tertiary/aromatic N) is 1. The number of carbonyl (C=O) groups excluding carboxylic acids is 1. The van der Waals surface area contributed by atoms with Crippen molar-refractivity contribution in [1.82, 2.24) is 15.2 Å². The molecule has 0 radical (unpaired) electrons. The van der Waals surface area contributed by atoms with Crippen molar-refractivity contribution in [3.63, 3.8) is 0 Å². The average Bonchev–Trinajstić information content (AvgIpc) is 3.40. The molecule has 0 atom stereocenters. The van der Waals surface area contributed by atoms with Crippen molar-refractivity contribution in [2.45, 2.75) is 100 Å². The maximum absolute atomic E-state index is 13.1. The van der Waals surface area contributed by atoms with Crippen molar-refractivity contribution in [3.05, 3.63) is 81.6 Å². The Hall–Kier alpha value is -2.61. The number of sulfone groups is 1. The normalized spacial score (nSPS) is 17.8. The number of aryl methyl sites for hydroxylation is 1. The number of amides is 1. The lowest BCUT2D eigenvalue weighted by Gasteiger charge is -2.35. The van der Waals surface area contributed by atoms with Gasteiger partial charge in [0.15, 0.2) is 0 Å². The van der Waals surface area contributed by atoms with Gasteiger partial charge in [-0.05, 0) is 66.8 Å². The second-order valence-electron chi connectivity index (χ2n) is 11.4. The molecule has 0 bridgehead atoms. The summed E-state index contributed by atoms with van der Waals surface area (Å²) in [7, 11) is -3.73. The van der Waals surface area contributed by atoms with Crippen LogP contribution in [0, 0.1) is 6.92 Å². The Balaban J connectivity index is 1.18. The molecule has 8 heteroatoms. The van der Waals surface area contributed by atoms with E-state index in [9.17, 15) is 13.2 Å². The first-order valence-corrected chi connectivity index (χ1v) is 16.5. The second kappa shape index (κ2) is 12.9. The number of hydrogen-bond donors (Lipinski definition) is 2. The third-order valence-electron chi connectivity index (χ3n) is 8.41. The topological polar surface area (TPSA) is 82.3 Å². The van der Waals surface area contributed by atoms with Gasteiger partial charge in [-0.3, -0.25) is 9.69 Å². The fourth-order valence-electron chi connectivity index (χ4n) is 6.05. The van der Waals surface area contributed by atoms with Crippen molar-refractivity contribution in [2.75, 3.05) is 6.54 Å². The van der Waals surface area contributed by atoms with E-state index in [-0.39, 0.29) is 20.7 Å². The van der Waals surface area contributed by atoms with E-state index in [0.717, 1.165) is 30.6 Å². The van der Waals surface area contributed by atoms with Gasteiger partial charge in [-0.25, -0.2) is 8.42 Å². The van der Waals surface area contributed by atoms with Crippen molar-refractivity contribution in [1.29, 1.82) is 0 Å². The SMILES string of the molecule is Cc1ccc(Cl)c(S(=O)(=O)c2ccc(CNC(=O)c3cc4c([nH]3)CCN(C3CCCCCCCCC3)C4)cc2)c1. The number of rotatable bonds is 6. The molecule has 1 amide bonds. The standard InChI is InChI=1S/C32H40ClN3O3S/c1-23-11-16-28(33)31(19-23)40(38,39)27-14-12-24(13-15-27)21-34-32(37)30-20-25-22-36(18-17-29(25)35-30)26-9-7-5-3-2-4-6-8-10-26/h11-16,19-20,26,35H,2-10,17-18,21-22H2,1H3,(H,34,37). The minimum absolute atomic E-state index is 0.102. The summed E-state index contributed by atoms with van der Waals surface area (Å²) in [4.78, 5) is 19.3. The number of carbonyl (C=O) groups is 1. The molecule has 0 spiro atoms. The second-order valence-corrected chi connectivity index (χ2v) is 13.7. The molecule has 1 saturated carbocycles. The van der Waals surface area contributed by atoms with Crippen LogP contribution in [-0.2, 0) is 29.3 Å². The number of aromatic nitrogens is 1. The van der Waals surface area contributed by atoms with E-state index in [1.165, 1.54) is 69.0 Å². The van der Waals surface area contributed by atoms with E-state index in [1.807, 2.05) is 13.0 Å². The molecule has 2 aliphatic rings. The Morgan fingerprint density at radius 1 is 0.975 bits per heavy atom. The van der Waals surface area contributed by atoms with Crippen LogP contribution in [-0.4, -0.2) is 36.8 Å². The van der Waals surface area contributed by atoms with Gasteiger partial charge in [0.25, 0.3) is 5.91 Å². The van der Waals surface area contributed by atoms with Crippen molar-refractivity contribution in [3.8, 4) is 0 Å². The molecule has 2 heterocycles. The van der Waals surface area contributed by atoms with Crippen LogP contribution in [0.15, 0.2) is 58.3 Å². The summed E-state index contributed by atoms with van der Waals surface area (Å²) in [6.07, 6.45) is 13.0. The Morgan fingerprint density at radius 2 is 1.65 bits per heavy atom. The summed E-state index contributed by atoms with van der Waals surface area (Å²) >= 11 is 6.18. The number of fused-ring (bicyclic) bond motifs is 1. The lowest BCUT2D eigenvalue weighted by molar-refractivity contribution is 0.0946. The quantitative estimate of drug-likeness (QED) is 0.329. The molecule has 2 N–H and O–H groups in total. The lowest BCUT2D eigenvalue weighted by atomic mass is 9.94. The van der Waals surface area contributed by atoms with Crippen LogP contribution in [0.1, 0.15) is 90.7 Å². The maximum Gasteiger partial charge on any atom is 0.267 e. The van der Waals surface area contributed by atoms with Gasteiger partial charge in [0, 0.05) is 37.8 Å². The minimum atomic E-state index is -3.73. The van der Waals surface area contributed by atoms with Gasteiger partial charge in [0.2, 0.25) is 9.84 Å². The zero-order chi connectivity index (χ0) is 28.1. The van der Waals surface area contributed by atoms with E-state index in [1.54, 1.807) is 42.5 Å². The molecule has 1 fully saturated rings. The lowest BCUT2D eigenvalue weighted by Crippen LogP contribution is -2.39. The Morgan fingerprint density at radius 3 is 2.35 bits per heavy atom. The molecule has 1 aliphatic heterocycles. The highest BCUT2D eigenvalue weighted by Crippen LogP contribution is 2.29. The summed E-state index contributed by atoms with van der Waals surface area (Å²) in [5.41, 5.74) is 4.64. The Kier molecular flexibility index (Phi) is 9.34. The van der Waals surface area contributed by atoms with Gasteiger partial charge >= 0.3 is 0 Å². The van der Waals surface area contributed by atoms with Crippen LogP contribution in [0.4, 0.5) is 0 Å². The number of benzene rings is 2. The number of hydrogen-bond acceptors (Lipinski definition) is 4. The molecule has 6 nitrogen and oxygen atoms in total. The molecular formula is C32H40ClN3O3S. The number of halogens is 1. The summed E-state index contributed by atoms with van der Waals surface area (Å²) in [6.45, 7) is 4.09. The van der Waals surface area contributed by atoms with Crippen LogP contribution < -0.4 is 5.32 Å². The van der Waals surface area contributed by atoms with E-state index in [2.05, 4.69) is 15.2 Å². The third-order valence-corrected chi connectivity index (χ3v) is 10.7. The van der Waals surface area contributed by atoms with Gasteiger partial charge in [0.05, 0.1) is 14.8 Å². The molecule has 0 unspecified atom stereocenters. The third kappa shape index (κ3) is 6.81. The smallest absolute Gasteiger partial charge is 0.267 e. The van der Waals surface area contributed by atoms with Gasteiger partial charge < -0.3 is 10.3 Å². The number of H-pyrrole nitrogens is 1. The van der Waals surface area contributed by atoms with E-state index in [0.29, 0.717) is 18.3 Å². The molecule has 1 aliphatic carbocycles. The first kappa shape index (κ1) is 28.9. The van der Waals surface area contributed by atoms with E-state index in [4.69, 9.17) is 11.6 Å². The van der Waals surface area contributed by atoms with Crippen LogP contribution in [0.2, 0.25) is 5.02 Å². The minimum Gasteiger partial charge on any atom is -0.354 e. The summed E-state index contributed by atoms with van der Waals surface area (Å²) in [5.74, 6) is -0.150. The van der Waals surface area contributed by atoms with Crippen LogP contribution in [0.25, 0.3) is 0 Å². The predicted octanol–water partition coefficient (Wildman–Crippen LogP) is 6.99. The summed E-state index contributed by atoms with van der Waals surface area (Å²) < 4.78 is 26.2. The molecular weight excluding hydrogens is 542 g/mol. The highest BCUT2D eigenvalue weighted by molar-refractivity contribution is 7.91. The zero-order valence-electron chi connectivity index (χ0n) is 23.3. The zero-order valence-corrected chi connectivity index (χ0v) is 24.9. The number of nitrogens with one attached hydrogen (secondary N) is 2. The van der Waals surface area contributed by atoms with Gasteiger partial charge in [-0.1, -0.05) is 74.7 Å². The Bertz CT molecular complexity index is 1420. The van der Waals surface area contributed by atoms with Gasteiger partial charge in [0.1, 0.15) is 5.69 Å². The number of aromatic amines is 1. The predicted molar refractivity (Wildman–Crippen MR) is 160 cm³/mol. The van der Waals surface area contributed by atoms with Crippen molar-refractivity contribution >= 4 is 27.3 Å². The van der Waals surface area contributed by atoms with Crippen molar-refractivity contribution < 1.29 is 13.2 Å². The van der Waals surface area contributed by atoms with E-state index >= 15 is 0 Å². The molecule has 2 aromatic carbocycles. The fraction of sp³-hybridized carbons (Fsp3) is 0.469. The van der Waals surface area contributed by atoms with Crippen LogP contribution in [0.5, 0.6) is 0 Å². The molecule has 1 aromatic heterocycles. The molecule has 214 valence electrons. The fourth-order valence-corrected chi connectivity index (χ4v) is 7.89. The summed E-state index contributed by atoms with van der Waals surface area (Å²) in [6, 6.07) is 14.2. The largest absolute Gasteiger partial charge is 0.354 e. The summed E-state index contributed by atoms with van der Waals surface area (Å²) in [5, 5.41) is 3.18. The monoisotopic (exact) mass is 581 g/mol. The molecule has 40 heavy (non-hydrogen) atoms. The van der Waals surface area contributed by atoms with Crippen molar-refractivity contribution in [2.24, 2.45) is 0 Å². The van der Waals surface area contributed by atoms with Crippen LogP contribution >= 0.6 is 11.6 Å². The first-order chi connectivity index (χ1) is 19.3. The first-order valence-electron chi connectivity index (χ1n) is 14.6. The highest BCUT2D eigenvalue weighted by atomic mass is 35.5. The molecule has 0 saturated heterocycles. The van der Waals surface area contributed by atoms with Gasteiger partial charge in [-0.15, -0.1) is 0 Å². The van der Waals surface area contributed by atoms with Crippen LogP contribution in [0.3, 0.4) is 0 Å².